The molecule has 2 aliphatic heterocycles. The van der Waals surface area contributed by atoms with Crippen molar-refractivity contribution < 1.29 is 28.6 Å². The lowest BCUT2D eigenvalue weighted by Crippen LogP contribution is -2.44. The molecule has 0 spiro atoms. The standard InChI is InChI=1S/C33H35N3O6/c1-21(37)40-20-31(38)36-29-10-9-28(41-27-11-13-35(14-12-27)32(39)42-33(2,3)4)17-26(29)18-30(36)24-8-7-23-6-5-22(19-34)15-25(23)16-24/h5-10,15-17,27,30H,11-14,18,20H2,1-4H3. The molecule has 218 valence electrons. The zero-order chi connectivity index (χ0) is 30.0. The molecule has 1 fully saturated rings. The van der Waals surface area contributed by atoms with Crippen LogP contribution in [0.15, 0.2) is 54.6 Å². The van der Waals surface area contributed by atoms with Gasteiger partial charge in [0.25, 0.3) is 5.91 Å². The fourth-order valence-electron chi connectivity index (χ4n) is 5.53. The fraction of sp³-hybridized carbons (Fsp3) is 0.394. The molecule has 2 amide bonds. The Morgan fingerprint density at radius 2 is 1.71 bits per heavy atom. The summed E-state index contributed by atoms with van der Waals surface area (Å²) in [6.07, 6.45) is 1.58. The van der Waals surface area contributed by atoms with Gasteiger partial charge in [-0.2, -0.15) is 5.26 Å². The highest BCUT2D eigenvalue weighted by Gasteiger charge is 2.36. The van der Waals surface area contributed by atoms with Crippen molar-refractivity contribution in [2.75, 3.05) is 24.6 Å². The summed E-state index contributed by atoms with van der Waals surface area (Å²) in [6, 6.07) is 19.1. The van der Waals surface area contributed by atoms with Gasteiger partial charge < -0.3 is 24.0 Å². The molecule has 1 atom stereocenters. The number of anilines is 1. The number of hydrogen-bond donors (Lipinski definition) is 0. The molecule has 2 aliphatic rings. The number of esters is 1. The molecule has 0 aliphatic carbocycles. The highest BCUT2D eigenvalue weighted by atomic mass is 16.6. The van der Waals surface area contributed by atoms with Crippen LogP contribution in [-0.2, 0) is 25.5 Å². The molecule has 1 saturated heterocycles. The van der Waals surface area contributed by atoms with Crippen molar-refractivity contribution in [1.82, 2.24) is 4.90 Å². The van der Waals surface area contributed by atoms with Crippen molar-refractivity contribution in [1.29, 1.82) is 5.26 Å². The second-order valence-electron chi connectivity index (χ2n) is 11.8. The van der Waals surface area contributed by atoms with Gasteiger partial charge in [-0.25, -0.2) is 4.79 Å². The number of amides is 2. The summed E-state index contributed by atoms with van der Waals surface area (Å²) in [5.41, 5.74) is 2.64. The van der Waals surface area contributed by atoms with E-state index in [9.17, 15) is 19.6 Å². The van der Waals surface area contributed by atoms with Crippen LogP contribution in [0.1, 0.15) is 63.3 Å². The monoisotopic (exact) mass is 569 g/mol. The number of ether oxygens (including phenoxy) is 3. The average molecular weight is 570 g/mol. The van der Waals surface area contributed by atoms with Crippen LogP contribution >= 0.6 is 0 Å². The number of benzene rings is 3. The lowest BCUT2D eigenvalue weighted by molar-refractivity contribution is -0.145. The summed E-state index contributed by atoms with van der Waals surface area (Å²) >= 11 is 0. The smallest absolute Gasteiger partial charge is 0.410 e. The van der Waals surface area contributed by atoms with E-state index in [1.807, 2.05) is 69.3 Å². The maximum Gasteiger partial charge on any atom is 0.410 e. The van der Waals surface area contributed by atoms with Gasteiger partial charge in [0, 0.05) is 38.5 Å². The number of carbonyl (C=O) groups is 3. The third-order valence-electron chi connectivity index (χ3n) is 7.48. The van der Waals surface area contributed by atoms with Crippen LogP contribution in [0.3, 0.4) is 0 Å². The van der Waals surface area contributed by atoms with Crippen LogP contribution in [0.5, 0.6) is 5.75 Å². The number of piperidine rings is 1. The molecule has 0 N–H and O–H groups in total. The van der Waals surface area contributed by atoms with E-state index in [0.29, 0.717) is 43.7 Å². The maximum absolute atomic E-state index is 13.4. The second kappa shape index (κ2) is 11.7. The molecule has 1 unspecified atom stereocenters. The van der Waals surface area contributed by atoms with Gasteiger partial charge in [-0.1, -0.05) is 18.2 Å². The summed E-state index contributed by atoms with van der Waals surface area (Å²) in [5.74, 6) is -0.131. The van der Waals surface area contributed by atoms with Crippen molar-refractivity contribution in [2.24, 2.45) is 0 Å². The molecule has 0 aromatic heterocycles. The summed E-state index contributed by atoms with van der Waals surface area (Å²) in [7, 11) is 0. The molecule has 3 aromatic rings. The molecule has 9 heteroatoms. The first-order chi connectivity index (χ1) is 20.0. The Morgan fingerprint density at radius 3 is 2.40 bits per heavy atom. The first kappa shape index (κ1) is 28.9. The zero-order valence-corrected chi connectivity index (χ0v) is 24.4. The van der Waals surface area contributed by atoms with E-state index in [1.165, 1.54) is 6.92 Å². The summed E-state index contributed by atoms with van der Waals surface area (Å²) in [4.78, 5) is 40.6. The molecule has 0 bridgehead atoms. The van der Waals surface area contributed by atoms with Crippen molar-refractivity contribution in [3.05, 3.63) is 71.3 Å². The molecule has 0 saturated carbocycles. The Bertz CT molecular complexity index is 1560. The van der Waals surface area contributed by atoms with Gasteiger partial charge in [-0.15, -0.1) is 0 Å². The quantitative estimate of drug-likeness (QED) is 0.364. The van der Waals surface area contributed by atoms with Crippen LogP contribution in [0.2, 0.25) is 0 Å². The highest BCUT2D eigenvalue weighted by Crippen LogP contribution is 2.43. The number of hydrogen-bond acceptors (Lipinski definition) is 7. The lowest BCUT2D eigenvalue weighted by atomic mass is 9.98. The fourth-order valence-corrected chi connectivity index (χ4v) is 5.53. The molecular formula is C33H35N3O6. The van der Waals surface area contributed by atoms with Crippen LogP contribution in [0.25, 0.3) is 10.8 Å². The minimum atomic E-state index is -0.535. The van der Waals surface area contributed by atoms with E-state index in [2.05, 4.69) is 6.07 Å². The summed E-state index contributed by atoms with van der Waals surface area (Å²) in [6.45, 7) is 7.60. The van der Waals surface area contributed by atoms with Gasteiger partial charge in [0.1, 0.15) is 17.5 Å². The summed E-state index contributed by atoms with van der Waals surface area (Å²) < 4.78 is 16.9. The van der Waals surface area contributed by atoms with Crippen molar-refractivity contribution in [3.63, 3.8) is 0 Å². The molecule has 3 aromatic carbocycles. The van der Waals surface area contributed by atoms with Gasteiger partial charge in [-0.3, -0.25) is 9.59 Å². The van der Waals surface area contributed by atoms with Gasteiger partial charge in [0.15, 0.2) is 6.61 Å². The lowest BCUT2D eigenvalue weighted by Gasteiger charge is -2.33. The van der Waals surface area contributed by atoms with Crippen LogP contribution in [0, 0.1) is 11.3 Å². The third kappa shape index (κ3) is 6.49. The predicted molar refractivity (Wildman–Crippen MR) is 157 cm³/mol. The molecule has 42 heavy (non-hydrogen) atoms. The van der Waals surface area contributed by atoms with E-state index in [1.54, 1.807) is 15.9 Å². The van der Waals surface area contributed by atoms with Gasteiger partial charge >= 0.3 is 12.1 Å². The van der Waals surface area contributed by atoms with E-state index in [-0.39, 0.29) is 30.8 Å². The minimum absolute atomic E-state index is 0.0459. The van der Waals surface area contributed by atoms with Gasteiger partial charge in [0.05, 0.1) is 17.7 Å². The Balaban J connectivity index is 1.35. The Hall–Kier alpha value is -4.58. The Labute approximate surface area is 245 Å². The van der Waals surface area contributed by atoms with Gasteiger partial charge in [0.2, 0.25) is 0 Å². The van der Waals surface area contributed by atoms with Crippen LogP contribution in [0.4, 0.5) is 10.5 Å². The molecule has 2 heterocycles. The van der Waals surface area contributed by atoms with Crippen molar-refractivity contribution >= 4 is 34.4 Å². The second-order valence-corrected chi connectivity index (χ2v) is 11.8. The topological polar surface area (TPSA) is 109 Å². The van der Waals surface area contributed by atoms with E-state index >= 15 is 0 Å². The first-order valence-corrected chi connectivity index (χ1v) is 14.2. The van der Waals surface area contributed by atoms with Crippen molar-refractivity contribution in [3.8, 4) is 11.8 Å². The number of nitriles is 1. The Kier molecular flexibility index (Phi) is 8.08. The highest BCUT2D eigenvalue weighted by molar-refractivity contribution is 5.98. The molecular weight excluding hydrogens is 534 g/mol. The number of rotatable bonds is 5. The predicted octanol–water partition coefficient (Wildman–Crippen LogP) is 5.68. The van der Waals surface area contributed by atoms with Gasteiger partial charge in [-0.05, 0) is 85.5 Å². The number of likely N-dealkylation sites (tertiary alicyclic amines) is 1. The normalized spacial score (nSPS) is 17.0. The number of nitrogens with zero attached hydrogens (tertiary/aromatic N) is 3. The van der Waals surface area contributed by atoms with E-state index in [4.69, 9.17) is 14.2 Å². The first-order valence-electron chi connectivity index (χ1n) is 14.2. The minimum Gasteiger partial charge on any atom is -0.490 e. The average Bonchev–Trinajstić information content (AvgIpc) is 3.33. The Morgan fingerprint density at radius 1 is 0.976 bits per heavy atom. The van der Waals surface area contributed by atoms with Crippen LogP contribution in [-0.4, -0.2) is 54.3 Å². The number of fused-ring (bicyclic) bond motifs is 2. The molecule has 9 nitrogen and oxygen atoms in total. The van der Waals surface area contributed by atoms with E-state index < -0.39 is 11.6 Å². The molecule has 0 radical (unpaired) electrons. The third-order valence-corrected chi connectivity index (χ3v) is 7.48. The zero-order valence-electron chi connectivity index (χ0n) is 24.4. The van der Waals surface area contributed by atoms with E-state index in [0.717, 1.165) is 27.6 Å². The molecule has 5 rings (SSSR count). The largest absolute Gasteiger partial charge is 0.490 e. The summed E-state index contributed by atoms with van der Waals surface area (Å²) in [5, 5.41) is 11.3. The van der Waals surface area contributed by atoms with Crippen LogP contribution < -0.4 is 9.64 Å². The SMILES string of the molecule is CC(=O)OCC(=O)N1c2ccc(OC3CCN(C(=O)OC(C)(C)C)CC3)cc2CC1c1ccc2ccc(C#N)cc2c1. The number of carbonyl (C=O) groups excluding carboxylic acids is 3. The maximum atomic E-state index is 13.4. The van der Waals surface area contributed by atoms with Crippen molar-refractivity contribution in [2.45, 2.75) is 64.7 Å².